The number of carbonyl (C=O) groups is 2. The maximum atomic E-state index is 11.9. The molecule has 0 saturated heterocycles. The van der Waals surface area contributed by atoms with E-state index in [1.165, 1.54) is 18.3 Å². The molecule has 108 valence electrons. The summed E-state index contributed by atoms with van der Waals surface area (Å²) in [5.74, 6) is -1.25. The quantitative estimate of drug-likeness (QED) is 0.824. The van der Waals surface area contributed by atoms with E-state index in [-0.39, 0.29) is 11.7 Å². The predicted molar refractivity (Wildman–Crippen MR) is 76.9 cm³/mol. The summed E-state index contributed by atoms with van der Waals surface area (Å²) in [6.45, 7) is 1.95. The number of amides is 1. The van der Waals surface area contributed by atoms with E-state index in [4.69, 9.17) is 9.63 Å². The predicted octanol–water partition coefficient (Wildman–Crippen LogP) is 2.59. The highest BCUT2D eigenvalue weighted by atomic mass is 16.5. The minimum atomic E-state index is -1.00. The number of hydrogen-bond acceptors (Lipinski definition) is 4. The van der Waals surface area contributed by atoms with E-state index in [1.54, 1.807) is 12.1 Å². The fourth-order valence-electron chi connectivity index (χ4n) is 1.82. The van der Waals surface area contributed by atoms with Gasteiger partial charge >= 0.3 is 5.97 Å². The van der Waals surface area contributed by atoms with Gasteiger partial charge in [0.2, 0.25) is 5.76 Å². The Morgan fingerprint density at radius 1 is 1.38 bits per heavy atom. The van der Waals surface area contributed by atoms with Gasteiger partial charge in [-0.05, 0) is 35.8 Å². The first-order valence-electron chi connectivity index (χ1n) is 6.36. The molecule has 6 heteroatoms. The lowest BCUT2D eigenvalue weighted by atomic mass is 10.1. The molecule has 2 N–H and O–H groups in total. The van der Waals surface area contributed by atoms with Crippen LogP contribution < -0.4 is 5.32 Å². The van der Waals surface area contributed by atoms with E-state index in [0.29, 0.717) is 12.1 Å². The number of carboxylic acids is 1. The van der Waals surface area contributed by atoms with Crippen LogP contribution in [0, 0.1) is 0 Å². The van der Waals surface area contributed by atoms with E-state index in [9.17, 15) is 9.59 Å². The van der Waals surface area contributed by atoms with Crippen LogP contribution in [-0.4, -0.2) is 22.1 Å². The lowest BCUT2D eigenvalue weighted by molar-refractivity contribution is -0.131. The van der Waals surface area contributed by atoms with Crippen LogP contribution in [0.2, 0.25) is 0 Å². The van der Waals surface area contributed by atoms with Crippen molar-refractivity contribution in [3.05, 3.63) is 53.4 Å². The van der Waals surface area contributed by atoms with Crippen LogP contribution in [0.3, 0.4) is 0 Å². The highest BCUT2D eigenvalue weighted by molar-refractivity contribution is 6.02. The van der Waals surface area contributed by atoms with Gasteiger partial charge in [-0.2, -0.15) is 0 Å². The molecule has 0 aliphatic rings. The van der Waals surface area contributed by atoms with Crippen LogP contribution in [0.5, 0.6) is 0 Å². The monoisotopic (exact) mass is 286 g/mol. The molecule has 0 atom stereocenters. The van der Waals surface area contributed by atoms with E-state index in [0.717, 1.165) is 17.2 Å². The van der Waals surface area contributed by atoms with Gasteiger partial charge in [-0.15, -0.1) is 0 Å². The zero-order chi connectivity index (χ0) is 15.2. The van der Waals surface area contributed by atoms with E-state index in [2.05, 4.69) is 10.5 Å². The minimum absolute atomic E-state index is 0.131. The van der Waals surface area contributed by atoms with Crippen molar-refractivity contribution in [1.82, 2.24) is 5.16 Å². The first-order chi connectivity index (χ1) is 10.1. The number of carbonyl (C=O) groups excluding carboxylic acids is 1. The largest absolute Gasteiger partial charge is 0.478 e. The fraction of sp³-hybridized carbons (Fsp3) is 0.133. The standard InChI is InChI=1S/C15H14N2O4/c1-2-11-9-10(4-6-14(18)19)3-5-12(11)17-15(20)13-7-8-16-21-13/h3-9H,2H2,1H3,(H,17,20)(H,18,19)/b6-4+. The maximum Gasteiger partial charge on any atom is 0.328 e. The molecule has 1 amide bonds. The lowest BCUT2D eigenvalue weighted by Gasteiger charge is -2.09. The van der Waals surface area contributed by atoms with E-state index >= 15 is 0 Å². The number of aliphatic carboxylic acids is 1. The Kier molecular flexibility index (Phi) is 4.50. The first-order valence-corrected chi connectivity index (χ1v) is 6.36. The van der Waals surface area contributed by atoms with Crippen LogP contribution in [0.15, 0.2) is 41.1 Å². The Morgan fingerprint density at radius 3 is 2.81 bits per heavy atom. The highest BCUT2D eigenvalue weighted by Crippen LogP contribution is 2.20. The summed E-state index contributed by atoms with van der Waals surface area (Å²) in [5.41, 5.74) is 2.31. The molecular weight excluding hydrogens is 272 g/mol. The van der Waals surface area contributed by atoms with Crippen molar-refractivity contribution in [2.45, 2.75) is 13.3 Å². The first kappa shape index (κ1) is 14.5. The number of aryl methyl sites for hydroxylation is 1. The Balaban J connectivity index is 2.20. The third-order valence-electron chi connectivity index (χ3n) is 2.84. The number of hydrogen-bond donors (Lipinski definition) is 2. The van der Waals surface area contributed by atoms with Crippen LogP contribution in [0.25, 0.3) is 6.08 Å². The maximum absolute atomic E-state index is 11.9. The topological polar surface area (TPSA) is 92.4 Å². The third-order valence-corrected chi connectivity index (χ3v) is 2.84. The van der Waals surface area contributed by atoms with Crippen molar-refractivity contribution in [1.29, 1.82) is 0 Å². The summed E-state index contributed by atoms with van der Waals surface area (Å²) in [6.07, 6.45) is 4.67. The molecule has 1 heterocycles. The Labute approximate surface area is 121 Å². The number of benzene rings is 1. The molecule has 0 spiro atoms. The molecule has 0 fully saturated rings. The highest BCUT2D eigenvalue weighted by Gasteiger charge is 2.11. The number of carboxylic acid groups (broad SMARTS) is 1. The number of nitrogens with zero attached hydrogens (tertiary/aromatic N) is 1. The summed E-state index contributed by atoms with van der Waals surface area (Å²) < 4.78 is 4.79. The van der Waals surface area contributed by atoms with Crippen molar-refractivity contribution in [3.8, 4) is 0 Å². The summed E-state index contributed by atoms with van der Waals surface area (Å²) in [6, 6.07) is 6.77. The van der Waals surface area contributed by atoms with Crippen LogP contribution in [0.4, 0.5) is 5.69 Å². The number of aromatic nitrogens is 1. The molecule has 0 unspecified atom stereocenters. The van der Waals surface area contributed by atoms with Gasteiger partial charge < -0.3 is 14.9 Å². The smallest absolute Gasteiger partial charge is 0.328 e. The molecule has 2 rings (SSSR count). The van der Waals surface area contributed by atoms with Crippen molar-refractivity contribution in [3.63, 3.8) is 0 Å². The normalized spacial score (nSPS) is 10.7. The van der Waals surface area contributed by atoms with Crippen LogP contribution in [-0.2, 0) is 11.2 Å². The SMILES string of the molecule is CCc1cc(/C=C/C(=O)O)ccc1NC(=O)c1ccno1. The molecule has 6 nitrogen and oxygen atoms in total. The molecule has 2 aromatic rings. The average Bonchev–Trinajstić information content (AvgIpc) is 3.00. The lowest BCUT2D eigenvalue weighted by Crippen LogP contribution is -2.12. The molecule has 21 heavy (non-hydrogen) atoms. The second kappa shape index (κ2) is 6.51. The van der Waals surface area contributed by atoms with Gasteiger partial charge in [0, 0.05) is 17.8 Å². The molecule has 0 aliphatic carbocycles. The molecule has 0 radical (unpaired) electrons. The molecule has 0 bridgehead atoms. The van der Waals surface area contributed by atoms with E-state index < -0.39 is 5.97 Å². The van der Waals surface area contributed by atoms with Gasteiger partial charge in [0.05, 0.1) is 6.20 Å². The van der Waals surface area contributed by atoms with Gasteiger partial charge in [-0.25, -0.2) is 4.79 Å². The Bertz CT molecular complexity index is 675. The van der Waals surface area contributed by atoms with Gasteiger partial charge in [-0.1, -0.05) is 18.1 Å². The summed E-state index contributed by atoms with van der Waals surface area (Å²) in [5, 5.41) is 14.8. The van der Waals surface area contributed by atoms with Crippen molar-refractivity contribution >= 4 is 23.6 Å². The Hall–Kier alpha value is -2.89. The fourth-order valence-corrected chi connectivity index (χ4v) is 1.82. The number of nitrogens with one attached hydrogen (secondary N) is 1. The second-order valence-corrected chi connectivity index (χ2v) is 4.27. The molecule has 0 saturated carbocycles. The van der Waals surface area contributed by atoms with Crippen molar-refractivity contribution < 1.29 is 19.2 Å². The Morgan fingerprint density at radius 2 is 2.19 bits per heavy atom. The summed E-state index contributed by atoms with van der Waals surface area (Å²) >= 11 is 0. The van der Waals surface area contributed by atoms with Crippen molar-refractivity contribution in [2.24, 2.45) is 0 Å². The van der Waals surface area contributed by atoms with E-state index in [1.807, 2.05) is 13.0 Å². The van der Waals surface area contributed by atoms with Crippen LogP contribution in [0.1, 0.15) is 28.6 Å². The van der Waals surface area contributed by atoms with Gasteiger partial charge in [0.1, 0.15) is 0 Å². The molecule has 1 aromatic carbocycles. The zero-order valence-electron chi connectivity index (χ0n) is 11.4. The minimum Gasteiger partial charge on any atom is -0.478 e. The number of rotatable bonds is 5. The van der Waals surface area contributed by atoms with Gasteiger partial charge in [0.15, 0.2) is 0 Å². The zero-order valence-corrected chi connectivity index (χ0v) is 11.4. The van der Waals surface area contributed by atoms with Gasteiger partial charge in [0.25, 0.3) is 5.91 Å². The molecule has 0 aliphatic heterocycles. The summed E-state index contributed by atoms with van der Waals surface area (Å²) in [4.78, 5) is 22.4. The van der Waals surface area contributed by atoms with Crippen molar-refractivity contribution in [2.75, 3.05) is 5.32 Å². The molecule has 1 aromatic heterocycles. The number of anilines is 1. The second-order valence-electron chi connectivity index (χ2n) is 4.27. The third kappa shape index (κ3) is 3.79. The van der Waals surface area contributed by atoms with Gasteiger partial charge in [-0.3, -0.25) is 4.79 Å². The molecular formula is C15H14N2O4. The average molecular weight is 286 g/mol. The van der Waals surface area contributed by atoms with Crippen LogP contribution >= 0.6 is 0 Å². The summed E-state index contributed by atoms with van der Waals surface area (Å²) in [7, 11) is 0.